The molecule has 1 unspecified atom stereocenters. The molecule has 3 rings (SSSR count). The van der Waals surface area contributed by atoms with Crippen LogP contribution in [-0.4, -0.2) is 44.5 Å². The Morgan fingerprint density at radius 2 is 2.00 bits per heavy atom. The van der Waals surface area contributed by atoms with Crippen molar-refractivity contribution in [3.05, 3.63) is 43.0 Å². The minimum absolute atomic E-state index is 0.260. The van der Waals surface area contributed by atoms with E-state index in [1.165, 1.54) is 19.6 Å². The molecule has 2 aromatic heterocycles. The molecule has 128 valence electrons. The number of carbonyl (C=O) groups excluding carboxylic acids is 2. The standard InChI is InChI=1S/C16H15N5O4/c1-10(25-12(22)7-24-11-5-3-2-4-6-11)16(23)21-15-13-14(18-8-17-13)19-9-20-15/h2-6,8-10H,7H2,1H3,(H2,17,18,19,20,21,23). The molecule has 0 radical (unpaired) electrons. The molecule has 0 aliphatic heterocycles. The van der Waals surface area contributed by atoms with Gasteiger partial charge in [-0.3, -0.25) is 4.79 Å². The van der Waals surface area contributed by atoms with E-state index in [1.807, 2.05) is 6.07 Å². The number of esters is 1. The first kappa shape index (κ1) is 16.4. The molecule has 0 spiro atoms. The topological polar surface area (TPSA) is 119 Å². The number of aromatic amines is 1. The first-order valence-corrected chi connectivity index (χ1v) is 7.46. The zero-order chi connectivity index (χ0) is 17.6. The quantitative estimate of drug-likeness (QED) is 0.649. The lowest BCUT2D eigenvalue weighted by Gasteiger charge is -2.13. The summed E-state index contributed by atoms with van der Waals surface area (Å²) in [5.41, 5.74) is 0.910. The zero-order valence-corrected chi connectivity index (χ0v) is 13.3. The highest BCUT2D eigenvalue weighted by molar-refractivity contribution is 5.99. The van der Waals surface area contributed by atoms with Gasteiger partial charge in [-0.2, -0.15) is 0 Å². The Morgan fingerprint density at radius 3 is 2.80 bits per heavy atom. The van der Waals surface area contributed by atoms with Gasteiger partial charge < -0.3 is 19.8 Å². The van der Waals surface area contributed by atoms with E-state index in [9.17, 15) is 9.59 Å². The summed E-state index contributed by atoms with van der Waals surface area (Å²) in [7, 11) is 0. The highest BCUT2D eigenvalue weighted by Gasteiger charge is 2.20. The maximum absolute atomic E-state index is 12.2. The Balaban J connectivity index is 1.53. The maximum atomic E-state index is 12.2. The number of hydrogen-bond acceptors (Lipinski definition) is 7. The highest BCUT2D eigenvalue weighted by atomic mass is 16.6. The fraction of sp³-hybridized carbons (Fsp3) is 0.188. The summed E-state index contributed by atoms with van der Waals surface area (Å²) in [5, 5.41) is 2.57. The van der Waals surface area contributed by atoms with Crippen molar-refractivity contribution in [2.45, 2.75) is 13.0 Å². The van der Waals surface area contributed by atoms with Gasteiger partial charge >= 0.3 is 5.97 Å². The molecule has 3 aromatic rings. The van der Waals surface area contributed by atoms with Crippen LogP contribution in [0.2, 0.25) is 0 Å². The van der Waals surface area contributed by atoms with Crippen LogP contribution in [0.25, 0.3) is 11.2 Å². The van der Waals surface area contributed by atoms with Crippen LogP contribution in [0.5, 0.6) is 5.75 Å². The summed E-state index contributed by atoms with van der Waals surface area (Å²) in [5.74, 6) is -0.376. The van der Waals surface area contributed by atoms with Crippen molar-refractivity contribution < 1.29 is 19.1 Å². The molecular weight excluding hydrogens is 326 g/mol. The van der Waals surface area contributed by atoms with Crippen LogP contribution in [0.4, 0.5) is 5.82 Å². The van der Waals surface area contributed by atoms with Gasteiger partial charge in [-0.05, 0) is 19.1 Å². The van der Waals surface area contributed by atoms with E-state index >= 15 is 0 Å². The van der Waals surface area contributed by atoms with Gasteiger partial charge in [-0.1, -0.05) is 18.2 Å². The van der Waals surface area contributed by atoms with Crippen molar-refractivity contribution in [2.75, 3.05) is 11.9 Å². The van der Waals surface area contributed by atoms with Gasteiger partial charge in [-0.15, -0.1) is 0 Å². The van der Waals surface area contributed by atoms with E-state index in [1.54, 1.807) is 24.3 Å². The Bertz CT molecular complexity index is 880. The molecule has 1 aromatic carbocycles. The van der Waals surface area contributed by atoms with E-state index in [0.717, 1.165) is 0 Å². The number of fused-ring (bicyclic) bond motifs is 1. The van der Waals surface area contributed by atoms with Gasteiger partial charge in [0, 0.05) is 0 Å². The molecule has 2 N–H and O–H groups in total. The largest absolute Gasteiger partial charge is 0.482 e. The molecule has 9 nitrogen and oxygen atoms in total. The number of aromatic nitrogens is 4. The number of amides is 1. The van der Waals surface area contributed by atoms with Crippen LogP contribution < -0.4 is 10.1 Å². The number of anilines is 1. The summed E-state index contributed by atoms with van der Waals surface area (Å²) in [6.07, 6.45) is 1.71. The lowest BCUT2D eigenvalue weighted by atomic mass is 10.3. The van der Waals surface area contributed by atoms with E-state index in [2.05, 4.69) is 25.3 Å². The Morgan fingerprint density at radius 1 is 1.20 bits per heavy atom. The predicted molar refractivity (Wildman–Crippen MR) is 87.8 cm³/mol. The zero-order valence-electron chi connectivity index (χ0n) is 13.3. The number of H-pyrrole nitrogens is 1. The van der Waals surface area contributed by atoms with Gasteiger partial charge in [0.1, 0.15) is 17.6 Å². The van der Waals surface area contributed by atoms with Crippen molar-refractivity contribution in [3.8, 4) is 5.75 Å². The molecule has 9 heteroatoms. The molecule has 2 heterocycles. The second-order valence-electron chi connectivity index (χ2n) is 5.05. The number of ether oxygens (including phenoxy) is 2. The Labute approximate surface area is 142 Å². The van der Waals surface area contributed by atoms with E-state index in [-0.39, 0.29) is 12.4 Å². The number of para-hydroxylation sites is 1. The van der Waals surface area contributed by atoms with Crippen molar-refractivity contribution in [2.24, 2.45) is 0 Å². The van der Waals surface area contributed by atoms with Crippen LogP contribution in [0.15, 0.2) is 43.0 Å². The maximum Gasteiger partial charge on any atom is 0.344 e. The molecule has 1 atom stereocenters. The molecule has 1 amide bonds. The number of nitrogens with one attached hydrogen (secondary N) is 2. The first-order chi connectivity index (χ1) is 12.1. The SMILES string of the molecule is CC(OC(=O)COc1ccccc1)C(=O)Nc1ncnc2nc[nH]c12. The van der Waals surface area contributed by atoms with Crippen LogP contribution in [0.1, 0.15) is 6.92 Å². The van der Waals surface area contributed by atoms with E-state index < -0.39 is 18.0 Å². The summed E-state index contributed by atoms with van der Waals surface area (Å²) >= 11 is 0. The summed E-state index contributed by atoms with van der Waals surface area (Å²) < 4.78 is 10.3. The van der Waals surface area contributed by atoms with Gasteiger partial charge in [0.05, 0.1) is 6.33 Å². The number of nitrogens with zero attached hydrogens (tertiary/aromatic N) is 3. The van der Waals surface area contributed by atoms with Crippen LogP contribution >= 0.6 is 0 Å². The van der Waals surface area contributed by atoms with E-state index in [0.29, 0.717) is 16.9 Å². The molecule has 25 heavy (non-hydrogen) atoms. The van der Waals surface area contributed by atoms with Crippen LogP contribution in [0, 0.1) is 0 Å². The second-order valence-corrected chi connectivity index (χ2v) is 5.05. The van der Waals surface area contributed by atoms with Crippen LogP contribution in [-0.2, 0) is 14.3 Å². The summed E-state index contributed by atoms with van der Waals surface area (Å²) in [6.45, 7) is 1.17. The molecule has 0 saturated carbocycles. The van der Waals surface area contributed by atoms with Gasteiger partial charge in [-0.25, -0.2) is 19.7 Å². The van der Waals surface area contributed by atoms with Crippen molar-refractivity contribution in [1.29, 1.82) is 0 Å². The fourth-order valence-corrected chi connectivity index (χ4v) is 2.02. The third-order valence-electron chi connectivity index (χ3n) is 3.24. The monoisotopic (exact) mass is 341 g/mol. The highest BCUT2D eigenvalue weighted by Crippen LogP contribution is 2.15. The van der Waals surface area contributed by atoms with Gasteiger partial charge in [0.25, 0.3) is 5.91 Å². The average Bonchev–Trinajstić information content (AvgIpc) is 3.10. The minimum Gasteiger partial charge on any atom is -0.482 e. The van der Waals surface area contributed by atoms with Crippen molar-refractivity contribution >= 4 is 28.9 Å². The van der Waals surface area contributed by atoms with E-state index in [4.69, 9.17) is 9.47 Å². The van der Waals surface area contributed by atoms with Gasteiger partial charge in [0.15, 0.2) is 24.2 Å². The number of benzene rings is 1. The second kappa shape index (κ2) is 7.39. The number of hydrogen-bond donors (Lipinski definition) is 2. The molecule has 0 bridgehead atoms. The lowest BCUT2D eigenvalue weighted by Crippen LogP contribution is -2.32. The first-order valence-electron chi connectivity index (χ1n) is 7.46. The average molecular weight is 341 g/mol. The Kier molecular flexibility index (Phi) is 4.84. The fourth-order valence-electron chi connectivity index (χ4n) is 2.02. The normalized spacial score (nSPS) is 11.7. The summed E-state index contributed by atoms with van der Waals surface area (Å²) in [6, 6.07) is 8.84. The predicted octanol–water partition coefficient (Wildman–Crippen LogP) is 1.30. The minimum atomic E-state index is -1.01. The molecule has 0 aliphatic rings. The molecular formula is C16H15N5O4. The Hall–Kier alpha value is -3.49. The smallest absolute Gasteiger partial charge is 0.344 e. The third-order valence-corrected chi connectivity index (χ3v) is 3.24. The number of carbonyl (C=O) groups is 2. The third kappa shape index (κ3) is 4.08. The lowest BCUT2D eigenvalue weighted by molar-refractivity contribution is -0.155. The van der Waals surface area contributed by atoms with Gasteiger partial charge in [0.2, 0.25) is 0 Å². The van der Waals surface area contributed by atoms with Crippen LogP contribution in [0.3, 0.4) is 0 Å². The summed E-state index contributed by atoms with van der Waals surface area (Å²) in [4.78, 5) is 38.7. The molecule has 0 aliphatic carbocycles. The molecule has 0 fully saturated rings. The number of imidazole rings is 1. The van der Waals surface area contributed by atoms with Crippen molar-refractivity contribution in [1.82, 2.24) is 19.9 Å². The van der Waals surface area contributed by atoms with Crippen molar-refractivity contribution in [3.63, 3.8) is 0 Å². The number of rotatable bonds is 6. The molecule has 0 saturated heterocycles.